The lowest BCUT2D eigenvalue weighted by atomic mass is 10.2. The number of hydrogen-bond acceptors (Lipinski definition) is 6. The topological polar surface area (TPSA) is 99.5 Å². The summed E-state index contributed by atoms with van der Waals surface area (Å²) < 4.78 is 33.5. The van der Waals surface area contributed by atoms with E-state index < -0.39 is 21.8 Å². The summed E-state index contributed by atoms with van der Waals surface area (Å²) in [5.41, 5.74) is 0.805. The first kappa shape index (κ1) is 18.4. The summed E-state index contributed by atoms with van der Waals surface area (Å²) in [6.45, 7) is 7.74. The van der Waals surface area contributed by atoms with Gasteiger partial charge in [-0.1, -0.05) is 0 Å². The number of nitrogens with one attached hydrogen (secondary N) is 1. The van der Waals surface area contributed by atoms with Crippen molar-refractivity contribution in [3.05, 3.63) is 17.5 Å². The highest BCUT2D eigenvalue weighted by atomic mass is 32.2. The Morgan fingerprint density at radius 3 is 2.59 bits per heavy atom. The molecule has 0 aliphatic carbocycles. The van der Waals surface area contributed by atoms with Crippen LogP contribution < -0.4 is 5.32 Å². The molecular weight excluding hydrogens is 310 g/mol. The van der Waals surface area contributed by atoms with Gasteiger partial charge in [-0.25, -0.2) is 4.79 Å². The predicted octanol–water partition coefficient (Wildman–Crippen LogP) is 1.19. The highest BCUT2D eigenvalue weighted by Gasteiger charge is 2.16. The number of aryl methyl sites for hydroxylation is 1. The van der Waals surface area contributed by atoms with Crippen molar-refractivity contribution in [3.8, 4) is 0 Å². The Kier molecular flexibility index (Phi) is 5.95. The molecule has 1 heterocycles. The van der Waals surface area contributed by atoms with Crippen molar-refractivity contribution in [2.45, 2.75) is 46.4 Å². The fourth-order valence-corrected chi connectivity index (χ4v) is 1.99. The van der Waals surface area contributed by atoms with E-state index in [4.69, 9.17) is 8.92 Å². The highest BCUT2D eigenvalue weighted by Crippen LogP contribution is 2.08. The van der Waals surface area contributed by atoms with Gasteiger partial charge in [0.15, 0.2) is 0 Å². The molecule has 1 aromatic rings. The average Bonchev–Trinajstić information content (AvgIpc) is 2.64. The molecular formula is C13H23N3O5S. The van der Waals surface area contributed by atoms with Crippen LogP contribution in [0.15, 0.2) is 6.07 Å². The van der Waals surface area contributed by atoms with Gasteiger partial charge in [0, 0.05) is 6.54 Å². The molecule has 0 radical (unpaired) electrons. The van der Waals surface area contributed by atoms with Crippen molar-refractivity contribution in [1.29, 1.82) is 0 Å². The minimum Gasteiger partial charge on any atom is -0.444 e. The first-order chi connectivity index (χ1) is 9.96. The predicted molar refractivity (Wildman–Crippen MR) is 80.8 cm³/mol. The van der Waals surface area contributed by atoms with Gasteiger partial charge in [-0.05, 0) is 33.8 Å². The molecule has 0 spiro atoms. The summed E-state index contributed by atoms with van der Waals surface area (Å²) >= 11 is 0. The van der Waals surface area contributed by atoms with Crippen LogP contribution in [0.5, 0.6) is 0 Å². The molecule has 0 aliphatic heterocycles. The lowest BCUT2D eigenvalue weighted by Crippen LogP contribution is -2.34. The number of amides is 1. The Labute approximate surface area is 130 Å². The van der Waals surface area contributed by atoms with Crippen LogP contribution in [0.1, 0.15) is 32.2 Å². The first-order valence-electron chi connectivity index (χ1n) is 6.81. The number of carbonyl (C=O) groups is 1. The molecule has 22 heavy (non-hydrogen) atoms. The Bertz CT molecular complexity index is 616. The van der Waals surface area contributed by atoms with Crippen LogP contribution in [0.25, 0.3) is 0 Å². The molecule has 126 valence electrons. The number of alkyl carbamates (subject to hydrolysis) is 1. The minimum absolute atomic E-state index is 0.0912. The van der Waals surface area contributed by atoms with Gasteiger partial charge in [0.05, 0.1) is 24.2 Å². The average molecular weight is 333 g/mol. The molecule has 0 saturated carbocycles. The van der Waals surface area contributed by atoms with E-state index in [2.05, 4.69) is 10.4 Å². The first-order valence-corrected chi connectivity index (χ1v) is 8.62. The molecule has 0 aliphatic rings. The monoisotopic (exact) mass is 333 g/mol. The number of nitrogens with zero attached hydrogens (tertiary/aromatic N) is 2. The van der Waals surface area contributed by atoms with E-state index in [1.165, 1.54) is 0 Å². The van der Waals surface area contributed by atoms with Crippen LogP contribution in [-0.4, -0.2) is 42.7 Å². The summed E-state index contributed by atoms with van der Waals surface area (Å²) in [7, 11) is -3.51. The van der Waals surface area contributed by atoms with Crippen LogP contribution in [0.4, 0.5) is 4.79 Å². The molecule has 0 unspecified atom stereocenters. The van der Waals surface area contributed by atoms with E-state index in [0.29, 0.717) is 18.8 Å². The van der Waals surface area contributed by atoms with Crippen molar-refractivity contribution in [3.63, 3.8) is 0 Å². The highest BCUT2D eigenvalue weighted by molar-refractivity contribution is 7.85. The van der Waals surface area contributed by atoms with Gasteiger partial charge in [0.2, 0.25) is 0 Å². The summed E-state index contributed by atoms with van der Waals surface area (Å²) in [6, 6.07) is 1.73. The molecule has 0 bridgehead atoms. The molecule has 1 aromatic heterocycles. The van der Waals surface area contributed by atoms with Gasteiger partial charge in [0.1, 0.15) is 12.2 Å². The third-order valence-electron chi connectivity index (χ3n) is 2.40. The van der Waals surface area contributed by atoms with Crippen molar-refractivity contribution >= 4 is 16.2 Å². The third kappa shape index (κ3) is 7.41. The molecule has 0 fully saturated rings. The normalized spacial score (nSPS) is 12.2. The maximum Gasteiger partial charge on any atom is 0.407 e. The number of aromatic nitrogens is 2. The van der Waals surface area contributed by atoms with E-state index in [1.807, 2.05) is 0 Å². The van der Waals surface area contributed by atoms with Gasteiger partial charge >= 0.3 is 6.09 Å². The molecule has 0 atom stereocenters. The number of ether oxygens (including phenoxy) is 1. The van der Waals surface area contributed by atoms with Gasteiger partial charge in [-0.3, -0.25) is 8.86 Å². The number of hydrogen-bond donors (Lipinski definition) is 1. The van der Waals surface area contributed by atoms with E-state index in [0.717, 1.165) is 11.9 Å². The summed E-state index contributed by atoms with van der Waals surface area (Å²) in [5, 5.41) is 6.85. The van der Waals surface area contributed by atoms with Crippen molar-refractivity contribution in [2.24, 2.45) is 0 Å². The quantitative estimate of drug-likeness (QED) is 0.785. The van der Waals surface area contributed by atoms with Crippen LogP contribution in [-0.2, 0) is 32.2 Å². The third-order valence-corrected chi connectivity index (χ3v) is 2.94. The number of rotatable bonds is 6. The summed E-state index contributed by atoms with van der Waals surface area (Å²) in [6.07, 6.45) is 0.482. The Morgan fingerprint density at radius 1 is 1.41 bits per heavy atom. The van der Waals surface area contributed by atoms with Gasteiger partial charge in [-0.2, -0.15) is 13.5 Å². The van der Waals surface area contributed by atoms with Crippen molar-refractivity contribution < 1.29 is 22.1 Å². The van der Waals surface area contributed by atoms with Crippen molar-refractivity contribution in [2.75, 3.05) is 12.8 Å². The molecule has 8 nitrogen and oxygen atoms in total. The van der Waals surface area contributed by atoms with Gasteiger partial charge in [0.25, 0.3) is 10.1 Å². The smallest absolute Gasteiger partial charge is 0.407 e. The Balaban J connectivity index is 2.54. The maximum absolute atomic E-state index is 11.5. The lowest BCUT2D eigenvalue weighted by molar-refractivity contribution is 0.0525. The van der Waals surface area contributed by atoms with Gasteiger partial charge in [-0.15, -0.1) is 0 Å². The second-order valence-electron chi connectivity index (χ2n) is 5.90. The largest absolute Gasteiger partial charge is 0.444 e. The van der Waals surface area contributed by atoms with Crippen molar-refractivity contribution in [1.82, 2.24) is 15.1 Å². The molecule has 0 aromatic carbocycles. The van der Waals surface area contributed by atoms with E-state index in [1.54, 1.807) is 38.4 Å². The summed E-state index contributed by atoms with van der Waals surface area (Å²) in [5.74, 6) is 0. The maximum atomic E-state index is 11.5. The molecule has 9 heteroatoms. The Hall–Kier alpha value is -1.61. The second-order valence-corrected chi connectivity index (χ2v) is 7.54. The van der Waals surface area contributed by atoms with Gasteiger partial charge < -0.3 is 10.1 Å². The standard InChI is InChI=1S/C13H23N3O5S/c1-10-8-11(9-20-22(5,18)19)16(15-10)7-6-14-12(17)21-13(2,3)4/h8H,6-7,9H2,1-5H3,(H,14,17). The number of carbonyl (C=O) groups excluding carboxylic acids is 1. The van der Waals surface area contributed by atoms with E-state index in [9.17, 15) is 13.2 Å². The van der Waals surface area contributed by atoms with Crippen LogP contribution in [0.3, 0.4) is 0 Å². The second kappa shape index (κ2) is 7.10. The Morgan fingerprint density at radius 2 is 2.05 bits per heavy atom. The SMILES string of the molecule is Cc1cc(COS(C)(=O)=O)n(CCNC(=O)OC(C)(C)C)n1. The van der Waals surface area contributed by atoms with Crippen LogP contribution in [0.2, 0.25) is 0 Å². The van der Waals surface area contributed by atoms with E-state index >= 15 is 0 Å². The minimum atomic E-state index is -3.51. The molecule has 1 amide bonds. The zero-order valence-corrected chi connectivity index (χ0v) is 14.4. The zero-order valence-electron chi connectivity index (χ0n) is 13.5. The zero-order chi connectivity index (χ0) is 17.0. The van der Waals surface area contributed by atoms with Crippen LogP contribution in [0, 0.1) is 6.92 Å². The molecule has 1 N–H and O–H groups in total. The molecule has 1 rings (SSSR count). The van der Waals surface area contributed by atoms with E-state index in [-0.39, 0.29) is 6.61 Å². The fraction of sp³-hybridized carbons (Fsp3) is 0.692. The van der Waals surface area contributed by atoms with Crippen LogP contribution >= 0.6 is 0 Å². The lowest BCUT2D eigenvalue weighted by Gasteiger charge is -2.19. The fourth-order valence-electron chi connectivity index (χ4n) is 1.65. The molecule has 0 saturated heterocycles. The summed E-state index contributed by atoms with van der Waals surface area (Å²) in [4.78, 5) is 11.5.